The van der Waals surface area contributed by atoms with E-state index in [0.29, 0.717) is 23.5 Å². The van der Waals surface area contributed by atoms with Gasteiger partial charge in [-0.1, -0.05) is 0 Å². The molecule has 17 heavy (non-hydrogen) atoms. The molecule has 0 unspecified atom stereocenters. The van der Waals surface area contributed by atoms with E-state index in [1.54, 1.807) is 12.1 Å². The summed E-state index contributed by atoms with van der Waals surface area (Å²) in [5.74, 6) is 0.430. The van der Waals surface area contributed by atoms with Crippen molar-refractivity contribution in [3.8, 4) is 11.5 Å². The number of carbonyl (C=O) groups is 2. The van der Waals surface area contributed by atoms with Crippen LogP contribution < -0.4 is 15.2 Å². The number of hydrogen-bond donors (Lipinski definition) is 1. The second-order valence-corrected chi connectivity index (χ2v) is 3.53. The van der Waals surface area contributed by atoms with Gasteiger partial charge in [-0.2, -0.15) is 0 Å². The second kappa shape index (κ2) is 5.89. The number of methoxy groups -OCH3 is 1. The van der Waals surface area contributed by atoms with Crippen LogP contribution in [0.5, 0.6) is 11.5 Å². The Hall–Kier alpha value is -2.04. The summed E-state index contributed by atoms with van der Waals surface area (Å²) in [5, 5.41) is 0. The summed E-state index contributed by atoms with van der Waals surface area (Å²) in [6, 6.07) is 4.65. The average Bonchev–Trinajstić information content (AvgIpc) is 2.28. The van der Waals surface area contributed by atoms with Crippen LogP contribution in [0.1, 0.15) is 23.7 Å². The van der Waals surface area contributed by atoms with Crippen LogP contribution >= 0.6 is 0 Å². The summed E-state index contributed by atoms with van der Waals surface area (Å²) in [6.45, 7) is 1.78. The Labute approximate surface area is 99.5 Å². The molecule has 0 radical (unpaired) electrons. The summed E-state index contributed by atoms with van der Waals surface area (Å²) in [7, 11) is 1.47. The SMILES string of the molecule is COc1cc(C(N)=O)ccc1OCCC(C)=O. The Bertz CT molecular complexity index is 429. The third kappa shape index (κ3) is 3.79. The first kappa shape index (κ1) is 13.0. The fourth-order valence-electron chi connectivity index (χ4n) is 1.24. The van der Waals surface area contributed by atoms with Crippen LogP contribution in [0.15, 0.2) is 18.2 Å². The van der Waals surface area contributed by atoms with Crippen molar-refractivity contribution < 1.29 is 19.1 Å². The standard InChI is InChI=1S/C12H15NO4/c1-8(14)5-6-17-10-4-3-9(12(13)15)7-11(10)16-2/h3-4,7H,5-6H2,1-2H3,(H2,13,15). The minimum Gasteiger partial charge on any atom is -0.493 e. The number of ether oxygens (including phenoxy) is 2. The number of ketones is 1. The van der Waals surface area contributed by atoms with Crippen molar-refractivity contribution in [2.75, 3.05) is 13.7 Å². The predicted octanol–water partition coefficient (Wildman–Crippen LogP) is 1.15. The summed E-state index contributed by atoms with van der Waals surface area (Å²) in [6.07, 6.45) is 0.334. The van der Waals surface area contributed by atoms with Gasteiger partial charge in [-0.25, -0.2) is 0 Å². The number of primary amides is 1. The van der Waals surface area contributed by atoms with Crippen LogP contribution in [0.25, 0.3) is 0 Å². The van der Waals surface area contributed by atoms with E-state index in [0.717, 1.165) is 0 Å². The quantitative estimate of drug-likeness (QED) is 0.805. The highest BCUT2D eigenvalue weighted by Gasteiger charge is 2.08. The van der Waals surface area contributed by atoms with Gasteiger partial charge in [0.05, 0.1) is 13.7 Å². The molecule has 0 saturated carbocycles. The number of hydrogen-bond acceptors (Lipinski definition) is 4. The van der Waals surface area contributed by atoms with Gasteiger partial charge in [-0.05, 0) is 25.1 Å². The largest absolute Gasteiger partial charge is 0.493 e. The maximum Gasteiger partial charge on any atom is 0.248 e. The molecule has 0 atom stereocenters. The van der Waals surface area contributed by atoms with Gasteiger partial charge in [0.15, 0.2) is 11.5 Å². The van der Waals surface area contributed by atoms with Gasteiger partial charge in [0.1, 0.15) is 5.78 Å². The second-order valence-electron chi connectivity index (χ2n) is 3.53. The lowest BCUT2D eigenvalue weighted by Crippen LogP contribution is -2.11. The molecule has 0 bridgehead atoms. The van der Waals surface area contributed by atoms with Gasteiger partial charge in [0.2, 0.25) is 5.91 Å². The van der Waals surface area contributed by atoms with Crippen LogP contribution in [0.4, 0.5) is 0 Å². The third-order valence-corrected chi connectivity index (χ3v) is 2.16. The van der Waals surface area contributed by atoms with E-state index in [1.807, 2.05) is 0 Å². The van der Waals surface area contributed by atoms with Crippen molar-refractivity contribution in [3.63, 3.8) is 0 Å². The molecule has 0 heterocycles. The molecule has 92 valence electrons. The number of carbonyl (C=O) groups excluding carboxylic acids is 2. The summed E-state index contributed by atoms with van der Waals surface area (Å²) in [4.78, 5) is 21.7. The Kier molecular flexibility index (Phi) is 4.51. The van der Waals surface area contributed by atoms with Crippen molar-refractivity contribution in [1.82, 2.24) is 0 Å². The molecule has 0 saturated heterocycles. The fraction of sp³-hybridized carbons (Fsp3) is 0.333. The van der Waals surface area contributed by atoms with Crippen molar-refractivity contribution in [2.24, 2.45) is 5.73 Å². The zero-order valence-electron chi connectivity index (χ0n) is 9.86. The molecule has 1 rings (SSSR count). The molecule has 0 spiro atoms. The maximum atomic E-state index is 11.0. The van der Waals surface area contributed by atoms with E-state index in [9.17, 15) is 9.59 Å². The number of amides is 1. The van der Waals surface area contributed by atoms with Crippen LogP contribution in [0.3, 0.4) is 0 Å². The van der Waals surface area contributed by atoms with E-state index in [4.69, 9.17) is 15.2 Å². The van der Waals surface area contributed by atoms with Crippen molar-refractivity contribution in [2.45, 2.75) is 13.3 Å². The molecule has 5 heteroatoms. The lowest BCUT2D eigenvalue weighted by Gasteiger charge is -2.10. The van der Waals surface area contributed by atoms with Crippen molar-refractivity contribution >= 4 is 11.7 Å². The zero-order chi connectivity index (χ0) is 12.8. The highest BCUT2D eigenvalue weighted by atomic mass is 16.5. The average molecular weight is 237 g/mol. The van der Waals surface area contributed by atoms with E-state index in [-0.39, 0.29) is 12.4 Å². The Morgan fingerprint density at radius 1 is 1.29 bits per heavy atom. The number of nitrogens with two attached hydrogens (primary N) is 1. The van der Waals surface area contributed by atoms with Gasteiger partial charge < -0.3 is 15.2 Å². The predicted molar refractivity (Wildman–Crippen MR) is 62.3 cm³/mol. The number of benzene rings is 1. The fourth-order valence-corrected chi connectivity index (χ4v) is 1.24. The molecule has 0 aliphatic heterocycles. The zero-order valence-corrected chi connectivity index (χ0v) is 9.86. The molecule has 0 aliphatic rings. The molecule has 0 aromatic heterocycles. The summed E-state index contributed by atoms with van der Waals surface area (Å²) in [5.41, 5.74) is 5.50. The van der Waals surface area contributed by atoms with Gasteiger partial charge in [-0.15, -0.1) is 0 Å². The number of Topliss-reactive ketones (excluding diaryl/α,β-unsaturated/α-hetero) is 1. The van der Waals surface area contributed by atoms with E-state index >= 15 is 0 Å². The minimum absolute atomic E-state index is 0.0534. The lowest BCUT2D eigenvalue weighted by atomic mass is 10.2. The Morgan fingerprint density at radius 2 is 2.00 bits per heavy atom. The van der Waals surface area contributed by atoms with Crippen LogP contribution in [0.2, 0.25) is 0 Å². The van der Waals surface area contributed by atoms with Gasteiger partial charge in [-0.3, -0.25) is 9.59 Å². The lowest BCUT2D eigenvalue weighted by molar-refractivity contribution is -0.117. The molecule has 2 N–H and O–H groups in total. The van der Waals surface area contributed by atoms with Crippen LogP contribution in [-0.2, 0) is 4.79 Å². The van der Waals surface area contributed by atoms with Gasteiger partial charge >= 0.3 is 0 Å². The Morgan fingerprint density at radius 3 is 2.53 bits per heavy atom. The highest BCUT2D eigenvalue weighted by Crippen LogP contribution is 2.27. The third-order valence-electron chi connectivity index (χ3n) is 2.16. The highest BCUT2D eigenvalue weighted by molar-refractivity contribution is 5.93. The molecular formula is C12H15NO4. The molecule has 1 aromatic rings. The van der Waals surface area contributed by atoms with Crippen LogP contribution in [-0.4, -0.2) is 25.4 Å². The molecule has 0 aliphatic carbocycles. The first-order valence-corrected chi connectivity index (χ1v) is 5.14. The van der Waals surface area contributed by atoms with E-state index < -0.39 is 5.91 Å². The smallest absolute Gasteiger partial charge is 0.248 e. The van der Waals surface area contributed by atoms with Crippen molar-refractivity contribution in [3.05, 3.63) is 23.8 Å². The molecule has 0 fully saturated rings. The topological polar surface area (TPSA) is 78.6 Å². The molecule has 1 aromatic carbocycles. The molecule has 1 amide bonds. The minimum atomic E-state index is -0.529. The first-order chi connectivity index (χ1) is 8.04. The molecular weight excluding hydrogens is 222 g/mol. The van der Waals surface area contributed by atoms with E-state index in [1.165, 1.54) is 20.1 Å². The van der Waals surface area contributed by atoms with Gasteiger partial charge in [0.25, 0.3) is 0 Å². The summed E-state index contributed by atoms with van der Waals surface area (Å²) >= 11 is 0. The van der Waals surface area contributed by atoms with E-state index in [2.05, 4.69) is 0 Å². The van der Waals surface area contributed by atoms with Crippen LogP contribution in [0, 0.1) is 0 Å². The Balaban J connectivity index is 2.78. The van der Waals surface area contributed by atoms with Gasteiger partial charge in [0, 0.05) is 12.0 Å². The molecule has 5 nitrogen and oxygen atoms in total. The monoisotopic (exact) mass is 237 g/mol. The maximum absolute atomic E-state index is 11.0. The number of rotatable bonds is 6. The normalized spacial score (nSPS) is 9.76. The van der Waals surface area contributed by atoms with Crippen molar-refractivity contribution in [1.29, 1.82) is 0 Å². The summed E-state index contributed by atoms with van der Waals surface area (Å²) < 4.78 is 10.5. The first-order valence-electron chi connectivity index (χ1n) is 5.14.